The Morgan fingerprint density at radius 2 is 2.10 bits per heavy atom. The number of amides is 2. The van der Waals surface area contributed by atoms with Crippen molar-refractivity contribution in [2.75, 3.05) is 16.8 Å². The molecule has 0 spiro atoms. The molecule has 11 heteroatoms. The van der Waals surface area contributed by atoms with Gasteiger partial charge >= 0.3 is 12.0 Å². The van der Waals surface area contributed by atoms with Crippen molar-refractivity contribution in [3.05, 3.63) is 29.2 Å². The number of aromatic nitrogens is 1. The van der Waals surface area contributed by atoms with E-state index in [0.29, 0.717) is 27.3 Å². The standard InChI is InChI=1S/C20H24BClFN3O3S2/c1-20(2,17(27)28)31-14-9-24-18(30-14)25-19(29)26(10-11-5-3-4-6-11)13-8-7-12(21)15(22)16(13)23/h7-9,11H,3-6,10,21H2,1-2H3,(H,27,28)(H,24,25,29). The Hall–Kier alpha value is -1.78. The molecule has 2 N–H and O–H groups in total. The highest BCUT2D eigenvalue weighted by Crippen LogP contribution is 2.38. The number of hydrogen-bond acceptors (Lipinski definition) is 5. The van der Waals surface area contributed by atoms with Gasteiger partial charge in [0, 0.05) is 6.54 Å². The predicted molar refractivity (Wildman–Crippen MR) is 128 cm³/mol. The van der Waals surface area contributed by atoms with Crippen LogP contribution >= 0.6 is 34.7 Å². The van der Waals surface area contributed by atoms with E-state index in [4.69, 9.17) is 11.6 Å². The number of thiazole rings is 1. The van der Waals surface area contributed by atoms with Gasteiger partial charge in [0.1, 0.15) is 12.6 Å². The number of urea groups is 1. The summed E-state index contributed by atoms with van der Waals surface area (Å²) in [5.41, 5.74) is 0.741. The fraction of sp³-hybridized carbons (Fsp3) is 0.450. The van der Waals surface area contributed by atoms with Crippen LogP contribution < -0.4 is 15.7 Å². The summed E-state index contributed by atoms with van der Waals surface area (Å²) in [5.74, 6) is -1.26. The molecule has 1 heterocycles. The molecule has 2 amide bonds. The summed E-state index contributed by atoms with van der Waals surface area (Å²) in [4.78, 5) is 30.1. The smallest absolute Gasteiger partial charge is 0.328 e. The Morgan fingerprint density at radius 1 is 1.42 bits per heavy atom. The Morgan fingerprint density at radius 3 is 2.74 bits per heavy atom. The second kappa shape index (κ2) is 9.79. The van der Waals surface area contributed by atoms with Gasteiger partial charge in [-0.15, -0.1) is 0 Å². The second-order valence-corrected chi connectivity index (χ2v) is 11.5. The first-order chi connectivity index (χ1) is 14.6. The van der Waals surface area contributed by atoms with Crippen molar-refractivity contribution >= 4 is 70.8 Å². The van der Waals surface area contributed by atoms with Crippen molar-refractivity contribution in [3.8, 4) is 0 Å². The first-order valence-electron chi connectivity index (χ1n) is 10.00. The molecule has 166 valence electrons. The van der Waals surface area contributed by atoms with Gasteiger partial charge in [0.2, 0.25) is 0 Å². The van der Waals surface area contributed by atoms with Gasteiger partial charge in [-0.25, -0.2) is 14.2 Å². The number of carboxylic acids is 1. The Balaban J connectivity index is 1.81. The van der Waals surface area contributed by atoms with Gasteiger partial charge in [0.15, 0.2) is 10.9 Å². The predicted octanol–water partition coefficient (Wildman–Crippen LogP) is 4.38. The van der Waals surface area contributed by atoms with Gasteiger partial charge in [-0.1, -0.05) is 59.1 Å². The van der Waals surface area contributed by atoms with Crippen molar-refractivity contribution in [1.82, 2.24) is 4.98 Å². The number of carboxylic acid groups (broad SMARTS) is 1. The summed E-state index contributed by atoms with van der Waals surface area (Å²) < 4.78 is 14.6. The van der Waals surface area contributed by atoms with E-state index in [1.54, 1.807) is 33.8 Å². The van der Waals surface area contributed by atoms with Crippen LogP contribution in [0.2, 0.25) is 5.02 Å². The van der Waals surface area contributed by atoms with Crippen molar-refractivity contribution in [2.45, 2.75) is 48.5 Å². The summed E-state index contributed by atoms with van der Waals surface area (Å²) >= 11 is 8.44. The molecule has 0 unspecified atom stereocenters. The first kappa shape index (κ1) is 23.9. The quantitative estimate of drug-likeness (QED) is 0.451. The monoisotopic (exact) mass is 483 g/mol. The van der Waals surface area contributed by atoms with Crippen LogP contribution in [0.1, 0.15) is 39.5 Å². The lowest BCUT2D eigenvalue weighted by atomic mass is 9.95. The van der Waals surface area contributed by atoms with Crippen LogP contribution in [0.15, 0.2) is 22.5 Å². The Bertz CT molecular complexity index is 983. The lowest BCUT2D eigenvalue weighted by Gasteiger charge is -2.26. The molecule has 0 bridgehead atoms. The van der Waals surface area contributed by atoms with E-state index in [9.17, 15) is 19.1 Å². The van der Waals surface area contributed by atoms with Crippen LogP contribution in [0.5, 0.6) is 0 Å². The molecule has 1 aliphatic carbocycles. The number of carbonyl (C=O) groups is 2. The van der Waals surface area contributed by atoms with Gasteiger partial charge in [-0.3, -0.25) is 15.0 Å². The van der Waals surface area contributed by atoms with E-state index in [1.807, 2.05) is 0 Å². The molecule has 1 aromatic heterocycles. The molecule has 6 nitrogen and oxygen atoms in total. The number of hydrogen-bond donors (Lipinski definition) is 2. The largest absolute Gasteiger partial charge is 0.480 e. The number of thioether (sulfide) groups is 1. The number of nitrogens with zero attached hydrogens (tertiary/aromatic N) is 2. The van der Waals surface area contributed by atoms with E-state index >= 15 is 0 Å². The molecule has 2 aromatic rings. The van der Waals surface area contributed by atoms with E-state index in [-0.39, 0.29) is 10.7 Å². The van der Waals surface area contributed by atoms with Crippen LogP contribution in [0.25, 0.3) is 0 Å². The third-order valence-electron chi connectivity index (χ3n) is 5.28. The normalized spacial score (nSPS) is 14.6. The van der Waals surface area contributed by atoms with E-state index < -0.39 is 22.6 Å². The van der Waals surface area contributed by atoms with Crippen molar-refractivity contribution in [2.24, 2.45) is 5.92 Å². The minimum atomic E-state index is -1.02. The average Bonchev–Trinajstić information content (AvgIpc) is 3.36. The van der Waals surface area contributed by atoms with Crippen molar-refractivity contribution in [1.29, 1.82) is 0 Å². The molecule has 1 aliphatic rings. The van der Waals surface area contributed by atoms with Crippen LogP contribution in [0.3, 0.4) is 0 Å². The zero-order valence-corrected chi connectivity index (χ0v) is 20.0. The highest BCUT2D eigenvalue weighted by molar-refractivity contribution is 8.03. The van der Waals surface area contributed by atoms with E-state index in [0.717, 1.165) is 37.4 Å². The molecule has 1 aromatic carbocycles. The zero-order chi connectivity index (χ0) is 22.8. The molecule has 0 atom stereocenters. The third-order valence-corrected chi connectivity index (χ3v) is 7.94. The molecule has 3 rings (SSSR count). The van der Waals surface area contributed by atoms with Gasteiger partial charge in [0.05, 0.1) is 21.1 Å². The lowest BCUT2D eigenvalue weighted by Crippen LogP contribution is -2.39. The summed E-state index contributed by atoms with van der Waals surface area (Å²) in [6.45, 7) is 3.59. The SMILES string of the molecule is Bc1ccc(N(CC2CCCC2)C(=O)Nc2ncc(SC(C)(C)C(=O)O)s2)c(F)c1Cl. The van der Waals surface area contributed by atoms with Crippen molar-refractivity contribution in [3.63, 3.8) is 0 Å². The van der Waals surface area contributed by atoms with Crippen molar-refractivity contribution < 1.29 is 19.1 Å². The lowest BCUT2D eigenvalue weighted by molar-refractivity contribution is -0.138. The van der Waals surface area contributed by atoms with Gasteiger partial charge < -0.3 is 5.11 Å². The Labute approximate surface area is 195 Å². The maximum atomic E-state index is 14.9. The molecule has 1 fully saturated rings. The number of rotatable bonds is 7. The number of anilines is 2. The van der Waals surface area contributed by atoms with Gasteiger partial charge in [-0.2, -0.15) is 0 Å². The van der Waals surface area contributed by atoms with Gasteiger partial charge in [0.25, 0.3) is 0 Å². The second-order valence-electron chi connectivity index (χ2n) is 8.12. The van der Waals surface area contributed by atoms with Gasteiger partial charge in [-0.05, 0) is 38.7 Å². The Kier molecular flexibility index (Phi) is 7.54. The number of nitrogens with one attached hydrogen (secondary N) is 1. The molecule has 1 saturated carbocycles. The maximum Gasteiger partial charge on any atom is 0.328 e. The fourth-order valence-electron chi connectivity index (χ4n) is 3.40. The minimum absolute atomic E-state index is 0.00515. The minimum Gasteiger partial charge on any atom is -0.480 e. The number of benzene rings is 1. The number of halogens is 2. The van der Waals surface area contributed by atoms with Crippen LogP contribution in [0, 0.1) is 11.7 Å². The summed E-state index contributed by atoms with van der Waals surface area (Å²) in [5, 5.41) is 12.4. The summed E-state index contributed by atoms with van der Waals surface area (Å²) in [7, 11) is 1.71. The highest BCUT2D eigenvalue weighted by Gasteiger charge is 2.30. The molecule has 0 radical (unpaired) electrons. The molecular weight excluding hydrogens is 460 g/mol. The number of aliphatic carboxylic acids is 1. The fourth-order valence-corrected chi connectivity index (χ4v) is 5.83. The average molecular weight is 484 g/mol. The van der Waals surface area contributed by atoms with Crippen LogP contribution in [-0.4, -0.2) is 41.2 Å². The summed E-state index contributed by atoms with van der Waals surface area (Å²) in [6.07, 6.45) is 5.72. The highest BCUT2D eigenvalue weighted by atomic mass is 35.5. The van der Waals surface area contributed by atoms with Crippen LogP contribution in [-0.2, 0) is 4.79 Å². The van der Waals surface area contributed by atoms with E-state index in [2.05, 4.69) is 10.3 Å². The molecule has 0 saturated heterocycles. The number of carbonyl (C=O) groups excluding carboxylic acids is 1. The van der Waals surface area contributed by atoms with Crippen LogP contribution in [0.4, 0.5) is 20.0 Å². The van der Waals surface area contributed by atoms with E-state index in [1.165, 1.54) is 22.4 Å². The topological polar surface area (TPSA) is 82.5 Å². The third kappa shape index (κ3) is 5.73. The first-order valence-corrected chi connectivity index (χ1v) is 12.0. The molecule has 0 aliphatic heterocycles. The summed E-state index contributed by atoms with van der Waals surface area (Å²) in [6, 6.07) is 2.78. The zero-order valence-electron chi connectivity index (χ0n) is 17.6. The molecular formula is C20H24BClFN3O3S2. The molecule has 31 heavy (non-hydrogen) atoms. The maximum absolute atomic E-state index is 14.9.